The molecule has 4 aromatic carbocycles. The summed E-state index contributed by atoms with van der Waals surface area (Å²) >= 11 is 0. The molecule has 3 heteroatoms. The summed E-state index contributed by atoms with van der Waals surface area (Å²) in [5, 5.41) is 2.45. The van der Waals surface area contributed by atoms with E-state index in [9.17, 15) is 4.79 Å². The Bertz CT molecular complexity index is 1460. The van der Waals surface area contributed by atoms with Crippen molar-refractivity contribution >= 4 is 39.9 Å². The molecule has 0 aliphatic heterocycles. The van der Waals surface area contributed by atoms with Gasteiger partial charge in [-0.1, -0.05) is 73.3 Å². The highest BCUT2D eigenvalue weighted by atomic mass is 16.5. The number of carbonyl (C=O) groups excluding carboxylic acids is 1. The van der Waals surface area contributed by atoms with Gasteiger partial charge in [-0.15, -0.1) is 0 Å². The van der Waals surface area contributed by atoms with Gasteiger partial charge < -0.3 is 9.30 Å². The Hall–Kier alpha value is -4.37. The Balaban J connectivity index is 1.51. The molecule has 1 aromatic heterocycles. The van der Waals surface area contributed by atoms with Crippen molar-refractivity contribution in [3.05, 3.63) is 121 Å². The highest BCUT2D eigenvalue weighted by Gasteiger charge is 2.11. The number of benzene rings is 4. The predicted octanol–water partition coefficient (Wildman–Crippen LogP) is 7.05. The van der Waals surface area contributed by atoms with Crippen LogP contribution in [0.5, 0.6) is 5.75 Å². The molecule has 0 amide bonds. The highest BCUT2D eigenvalue weighted by Crippen LogP contribution is 2.32. The molecule has 0 N–H and O–H groups in total. The molecule has 154 valence electrons. The zero-order valence-corrected chi connectivity index (χ0v) is 17.4. The number of esters is 1. The fourth-order valence-corrected chi connectivity index (χ4v) is 3.95. The first-order chi connectivity index (χ1) is 15.7. The summed E-state index contributed by atoms with van der Waals surface area (Å²) in [6.07, 6.45) is 5.30. The van der Waals surface area contributed by atoms with Gasteiger partial charge in [-0.05, 0) is 53.6 Å². The van der Waals surface area contributed by atoms with Crippen LogP contribution in [0, 0.1) is 0 Å². The van der Waals surface area contributed by atoms with E-state index < -0.39 is 5.97 Å². The quantitative estimate of drug-likeness (QED) is 0.133. The molecule has 0 atom stereocenters. The molecular formula is C29H21NO2. The van der Waals surface area contributed by atoms with Gasteiger partial charge in [0.25, 0.3) is 0 Å². The summed E-state index contributed by atoms with van der Waals surface area (Å²) in [5.41, 5.74) is 5.67. The van der Waals surface area contributed by atoms with Crippen LogP contribution in [0.1, 0.15) is 11.1 Å². The molecular weight excluding hydrogens is 394 g/mol. The topological polar surface area (TPSA) is 31.2 Å². The number of para-hydroxylation sites is 2. The van der Waals surface area contributed by atoms with E-state index in [0.717, 1.165) is 22.9 Å². The second kappa shape index (κ2) is 8.40. The van der Waals surface area contributed by atoms with Crippen molar-refractivity contribution < 1.29 is 9.53 Å². The van der Waals surface area contributed by atoms with Crippen LogP contribution < -0.4 is 4.74 Å². The lowest BCUT2D eigenvalue weighted by atomic mass is 10.1. The van der Waals surface area contributed by atoms with E-state index in [2.05, 4.69) is 90.0 Å². The Kier molecular flexibility index (Phi) is 5.14. The van der Waals surface area contributed by atoms with Crippen LogP contribution in [0.2, 0.25) is 0 Å². The molecule has 0 saturated heterocycles. The molecule has 5 rings (SSSR count). The van der Waals surface area contributed by atoms with E-state index in [-0.39, 0.29) is 0 Å². The third-order valence-corrected chi connectivity index (χ3v) is 5.44. The minimum atomic E-state index is -0.462. The molecule has 0 saturated carbocycles. The molecule has 0 bridgehead atoms. The zero-order valence-electron chi connectivity index (χ0n) is 17.4. The lowest BCUT2D eigenvalue weighted by molar-refractivity contribution is -0.128. The SMILES string of the molecule is C=CC(=O)Oc1ccc(C=Cc2ccc3c(c2)c2ccccc2n3-c2ccccc2)cc1. The van der Waals surface area contributed by atoms with Gasteiger partial charge in [-0.2, -0.15) is 0 Å². The monoisotopic (exact) mass is 415 g/mol. The van der Waals surface area contributed by atoms with Crippen molar-refractivity contribution in [2.24, 2.45) is 0 Å². The molecule has 0 aliphatic rings. The van der Waals surface area contributed by atoms with E-state index in [1.165, 1.54) is 21.8 Å². The molecule has 32 heavy (non-hydrogen) atoms. The van der Waals surface area contributed by atoms with Crippen LogP contribution in [0.15, 0.2) is 110 Å². The molecule has 0 unspecified atom stereocenters. The molecule has 1 heterocycles. The van der Waals surface area contributed by atoms with Crippen LogP contribution in [0.25, 0.3) is 39.6 Å². The van der Waals surface area contributed by atoms with Gasteiger partial charge in [0.2, 0.25) is 0 Å². The smallest absolute Gasteiger partial charge is 0.335 e. The number of hydrogen-bond donors (Lipinski definition) is 0. The van der Waals surface area contributed by atoms with Crippen molar-refractivity contribution in [3.63, 3.8) is 0 Å². The number of rotatable bonds is 5. The lowest BCUT2D eigenvalue weighted by Gasteiger charge is -2.07. The van der Waals surface area contributed by atoms with Crippen molar-refractivity contribution in [1.29, 1.82) is 0 Å². The van der Waals surface area contributed by atoms with E-state index in [0.29, 0.717) is 5.75 Å². The molecule has 0 radical (unpaired) electrons. The second-order valence-electron chi connectivity index (χ2n) is 7.49. The maximum absolute atomic E-state index is 11.3. The second-order valence-corrected chi connectivity index (χ2v) is 7.49. The molecule has 0 aliphatic carbocycles. The number of ether oxygens (including phenoxy) is 1. The molecule has 5 aromatic rings. The Morgan fingerprint density at radius 1 is 0.719 bits per heavy atom. The number of aromatic nitrogens is 1. The summed E-state index contributed by atoms with van der Waals surface area (Å²) in [6.45, 7) is 3.41. The van der Waals surface area contributed by atoms with Gasteiger partial charge >= 0.3 is 5.97 Å². The highest BCUT2D eigenvalue weighted by molar-refractivity contribution is 6.10. The number of hydrogen-bond acceptors (Lipinski definition) is 2. The van der Waals surface area contributed by atoms with Crippen molar-refractivity contribution in [2.45, 2.75) is 0 Å². The van der Waals surface area contributed by atoms with E-state index in [1.54, 1.807) is 12.1 Å². The Labute approximate surface area is 186 Å². The van der Waals surface area contributed by atoms with Crippen molar-refractivity contribution in [1.82, 2.24) is 4.57 Å². The molecule has 0 spiro atoms. The fraction of sp³-hybridized carbons (Fsp3) is 0. The van der Waals surface area contributed by atoms with Gasteiger partial charge in [0.05, 0.1) is 11.0 Å². The average Bonchev–Trinajstić information content (AvgIpc) is 3.18. The zero-order chi connectivity index (χ0) is 21.9. The predicted molar refractivity (Wildman–Crippen MR) is 132 cm³/mol. The van der Waals surface area contributed by atoms with Crippen LogP contribution in [0.3, 0.4) is 0 Å². The van der Waals surface area contributed by atoms with Crippen molar-refractivity contribution in [3.8, 4) is 11.4 Å². The van der Waals surface area contributed by atoms with Gasteiger partial charge in [0, 0.05) is 22.5 Å². The van der Waals surface area contributed by atoms with Crippen molar-refractivity contribution in [2.75, 3.05) is 0 Å². The van der Waals surface area contributed by atoms with Crippen LogP contribution >= 0.6 is 0 Å². The Morgan fingerprint density at radius 2 is 1.38 bits per heavy atom. The van der Waals surface area contributed by atoms with Crippen LogP contribution in [-0.2, 0) is 4.79 Å². The number of fused-ring (bicyclic) bond motifs is 3. The Morgan fingerprint density at radius 3 is 2.16 bits per heavy atom. The van der Waals surface area contributed by atoms with Crippen LogP contribution in [-0.4, -0.2) is 10.5 Å². The fourth-order valence-electron chi connectivity index (χ4n) is 3.95. The van der Waals surface area contributed by atoms with Gasteiger partial charge in [-0.25, -0.2) is 4.79 Å². The van der Waals surface area contributed by atoms with E-state index in [1.807, 2.05) is 18.2 Å². The number of carbonyl (C=O) groups is 1. The summed E-state index contributed by atoms with van der Waals surface area (Å²) in [6, 6.07) is 32.9. The minimum absolute atomic E-state index is 0.462. The normalized spacial score (nSPS) is 11.2. The van der Waals surface area contributed by atoms with Crippen LogP contribution in [0.4, 0.5) is 0 Å². The summed E-state index contributed by atoms with van der Waals surface area (Å²) in [7, 11) is 0. The summed E-state index contributed by atoms with van der Waals surface area (Å²) in [5.74, 6) is 0.0402. The minimum Gasteiger partial charge on any atom is -0.423 e. The molecule has 0 fully saturated rings. The maximum atomic E-state index is 11.3. The van der Waals surface area contributed by atoms with E-state index in [4.69, 9.17) is 4.74 Å². The third kappa shape index (κ3) is 3.72. The first-order valence-corrected chi connectivity index (χ1v) is 10.4. The van der Waals surface area contributed by atoms with E-state index >= 15 is 0 Å². The first kappa shape index (κ1) is 19.6. The largest absolute Gasteiger partial charge is 0.423 e. The maximum Gasteiger partial charge on any atom is 0.335 e. The molecule has 3 nitrogen and oxygen atoms in total. The van der Waals surface area contributed by atoms with Gasteiger partial charge in [0.1, 0.15) is 5.75 Å². The third-order valence-electron chi connectivity index (χ3n) is 5.44. The summed E-state index contributed by atoms with van der Waals surface area (Å²) < 4.78 is 7.43. The van der Waals surface area contributed by atoms with Gasteiger partial charge in [-0.3, -0.25) is 0 Å². The lowest BCUT2D eigenvalue weighted by Crippen LogP contribution is -2.02. The summed E-state index contributed by atoms with van der Waals surface area (Å²) in [4.78, 5) is 11.3. The first-order valence-electron chi connectivity index (χ1n) is 10.4. The average molecular weight is 415 g/mol. The van der Waals surface area contributed by atoms with Gasteiger partial charge in [0.15, 0.2) is 0 Å². The number of nitrogens with zero attached hydrogens (tertiary/aromatic N) is 1. The standard InChI is InChI=1S/C29H21NO2/c1-2-29(31)32-24-17-14-21(15-18-24)12-13-22-16-19-28-26(20-22)25-10-6-7-11-27(25)30(28)23-8-4-3-5-9-23/h2-20H,1H2.